The molecule has 0 aliphatic carbocycles. The zero-order valence-electron chi connectivity index (χ0n) is 19.1. The summed E-state index contributed by atoms with van der Waals surface area (Å²) in [7, 11) is -8.43. The molecule has 0 unspecified atom stereocenters. The van der Waals surface area contributed by atoms with Gasteiger partial charge in [0.1, 0.15) is 4.70 Å². The third-order valence-electron chi connectivity index (χ3n) is 5.19. The van der Waals surface area contributed by atoms with E-state index in [9.17, 15) is 21.4 Å². The van der Waals surface area contributed by atoms with E-state index in [1.807, 2.05) is 33.7 Å². The molecule has 2 aromatic carbocycles. The van der Waals surface area contributed by atoms with Crippen molar-refractivity contribution in [2.75, 3.05) is 23.0 Å². The second kappa shape index (κ2) is 12.2. The van der Waals surface area contributed by atoms with Gasteiger partial charge in [0.2, 0.25) is 5.52 Å². The van der Waals surface area contributed by atoms with Crippen LogP contribution in [0, 0.1) is 0 Å². The first-order valence-electron chi connectivity index (χ1n) is 10.4. The number of hydrogen-bond acceptors (Lipinski definition) is 8. The molecule has 0 radical (unpaired) electrons. The molecule has 15 heteroatoms. The first-order valence-corrected chi connectivity index (χ1v) is 15.9. The molecule has 0 atom stereocenters. The molecular weight excluding hydrogens is 598 g/mol. The molecule has 36 heavy (non-hydrogen) atoms. The molecule has 1 aromatic heterocycles. The van der Waals surface area contributed by atoms with Gasteiger partial charge >= 0.3 is 29.6 Å². The molecule has 1 aliphatic heterocycles. The second-order valence-corrected chi connectivity index (χ2v) is 13.9. The molecule has 0 bridgehead atoms. The Kier molecular flexibility index (Phi) is 10.2. The number of benzene rings is 2. The number of hydrogen-bond donors (Lipinski definition) is 1. The van der Waals surface area contributed by atoms with Crippen molar-refractivity contribution >= 4 is 88.5 Å². The summed E-state index contributed by atoms with van der Waals surface area (Å²) in [4.78, 5) is 2.87. The predicted molar refractivity (Wildman–Crippen MR) is 140 cm³/mol. The van der Waals surface area contributed by atoms with E-state index >= 15 is 0 Å². The Morgan fingerprint density at radius 1 is 1.03 bits per heavy atom. The molecule has 8 nitrogen and oxygen atoms in total. The summed E-state index contributed by atoms with van der Waals surface area (Å²) >= 11 is 15.3. The minimum absolute atomic E-state index is 0. The molecule has 0 saturated carbocycles. The van der Waals surface area contributed by atoms with Crippen molar-refractivity contribution in [1.82, 2.24) is 0 Å². The molecule has 0 amide bonds. The van der Waals surface area contributed by atoms with Gasteiger partial charge in [-0.05, 0) is 36.8 Å². The minimum atomic E-state index is -4.34. The van der Waals surface area contributed by atoms with Crippen molar-refractivity contribution in [3.8, 4) is 0 Å². The summed E-state index contributed by atoms with van der Waals surface area (Å²) in [5.74, 6) is -0.843. The number of halogens is 2. The average molecular weight is 619 g/mol. The van der Waals surface area contributed by atoms with Crippen LogP contribution in [-0.4, -0.2) is 44.0 Å². The molecule has 0 fully saturated rings. The number of anilines is 1. The summed E-state index contributed by atoms with van der Waals surface area (Å²) < 4.78 is 67.9. The van der Waals surface area contributed by atoms with Gasteiger partial charge in [0.15, 0.2) is 6.54 Å². The number of aryl methyl sites for hydroxylation is 1. The maximum Gasteiger partial charge on any atom is 1.00 e. The van der Waals surface area contributed by atoms with Crippen molar-refractivity contribution in [2.24, 2.45) is 0 Å². The molecule has 1 aliphatic rings. The molecular formula is C21H20Cl2N2NaO6S4+. The summed E-state index contributed by atoms with van der Waals surface area (Å²) in [6.45, 7) is 0.644. The smallest absolute Gasteiger partial charge is 0.748 e. The van der Waals surface area contributed by atoms with Gasteiger partial charge in [-0.15, -0.1) is 0 Å². The molecule has 1 N–H and O–H groups in total. The van der Waals surface area contributed by atoms with E-state index in [1.165, 1.54) is 23.1 Å². The van der Waals surface area contributed by atoms with Crippen LogP contribution >= 0.6 is 46.3 Å². The first-order chi connectivity index (χ1) is 16.4. The third kappa shape index (κ3) is 7.82. The fourth-order valence-corrected chi connectivity index (χ4v) is 7.46. The second-order valence-electron chi connectivity index (χ2n) is 7.81. The quantitative estimate of drug-likeness (QED) is 0.219. The fraction of sp³-hybridized carbons (Fsp3) is 0.286. The summed E-state index contributed by atoms with van der Waals surface area (Å²) in [6, 6.07) is 10.9. The maximum atomic E-state index is 11.2. The molecule has 4 rings (SSSR count). The normalized spacial score (nSPS) is 14.9. The van der Waals surface area contributed by atoms with Gasteiger partial charge in [0.05, 0.1) is 32.7 Å². The van der Waals surface area contributed by atoms with Gasteiger partial charge in [-0.1, -0.05) is 46.3 Å². The maximum absolute atomic E-state index is 11.2. The molecule has 2 heterocycles. The Morgan fingerprint density at radius 2 is 1.72 bits per heavy atom. The summed E-state index contributed by atoms with van der Waals surface area (Å²) in [5, 5.41) is 2.73. The van der Waals surface area contributed by atoms with Gasteiger partial charge in [0, 0.05) is 39.7 Å². The zero-order chi connectivity index (χ0) is 25.4. The number of nitrogens with zero attached hydrogens (tertiary/aromatic N) is 2. The van der Waals surface area contributed by atoms with Crippen LogP contribution < -0.4 is 39.0 Å². The summed E-state index contributed by atoms with van der Waals surface area (Å²) in [6.07, 6.45) is 2.30. The van der Waals surface area contributed by atoms with E-state index in [0.29, 0.717) is 23.1 Å². The van der Waals surface area contributed by atoms with Gasteiger partial charge < -0.3 is 9.45 Å². The summed E-state index contributed by atoms with van der Waals surface area (Å²) in [5.41, 5.74) is 1.69. The van der Waals surface area contributed by atoms with Gasteiger partial charge in [0.25, 0.3) is 15.1 Å². The van der Waals surface area contributed by atoms with E-state index in [2.05, 4.69) is 0 Å². The van der Waals surface area contributed by atoms with Crippen molar-refractivity contribution in [3.05, 3.63) is 56.5 Å². The molecule has 0 spiro atoms. The fourth-order valence-electron chi connectivity index (χ4n) is 3.74. The minimum Gasteiger partial charge on any atom is -0.748 e. The Balaban J connectivity index is 0.00000361. The Labute approximate surface area is 250 Å². The molecule has 188 valence electrons. The van der Waals surface area contributed by atoms with Crippen LogP contribution in [0.1, 0.15) is 17.8 Å². The monoisotopic (exact) mass is 617 g/mol. The largest absolute Gasteiger partial charge is 1.00 e. The van der Waals surface area contributed by atoms with Gasteiger partial charge in [-0.3, -0.25) is 4.55 Å². The van der Waals surface area contributed by atoms with Crippen molar-refractivity contribution in [1.29, 1.82) is 0 Å². The van der Waals surface area contributed by atoms with Crippen LogP contribution in [0.2, 0.25) is 10.0 Å². The van der Waals surface area contributed by atoms with Gasteiger partial charge in [-0.25, -0.2) is 8.42 Å². The average Bonchev–Trinajstić information content (AvgIpc) is 3.23. The molecule has 3 aromatic rings. The van der Waals surface area contributed by atoms with Crippen LogP contribution in [-0.2, 0) is 26.8 Å². The van der Waals surface area contributed by atoms with E-state index in [-0.39, 0.29) is 48.2 Å². The van der Waals surface area contributed by atoms with Crippen LogP contribution in [0.25, 0.3) is 16.3 Å². The Morgan fingerprint density at radius 3 is 2.42 bits per heavy atom. The van der Waals surface area contributed by atoms with E-state index in [1.54, 1.807) is 18.2 Å². The SMILES string of the molecule is O=S(=O)([O-])CCCN1C(=Cc2sc3cc(Cl)ccc3[n+]2CCCS(=O)(=O)O)Sc2ccc(Cl)cc21.[Na+]. The number of rotatable bonds is 9. The van der Waals surface area contributed by atoms with Crippen LogP contribution in [0.15, 0.2) is 46.3 Å². The number of thioether (sulfide) groups is 1. The van der Waals surface area contributed by atoms with Crippen molar-refractivity contribution in [2.45, 2.75) is 24.3 Å². The first kappa shape index (κ1) is 30.2. The van der Waals surface area contributed by atoms with E-state index < -0.39 is 26.0 Å². The topological polar surface area (TPSA) is 119 Å². The van der Waals surface area contributed by atoms with Crippen LogP contribution in [0.5, 0.6) is 0 Å². The predicted octanol–water partition coefficient (Wildman–Crippen LogP) is 1.62. The number of thiazole rings is 1. The van der Waals surface area contributed by atoms with Crippen molar-refractivity contribution in [3.63, 3.8) is 0 Å². The zero-order valence-corrected chi connectivity index (χ0v) is 25.8. The Bertz CT molecular complexity index is 1530. The third-order valence-corrected chi connectivity index (χ3v) is 9.46. The molecule has 0 saturated heterocycles. The Hall–Kier alpha value is -0.380. The van der Waals surface area contributed by atoms with Crippen LogP contribution in [0.3, 0.4) is 0 Å². The van der Waals surface area contributed by atoms with Crippen molar-refractivity contribution < 1.29 is 60.1 Å². The number of aromatic nitrogens is 1. The van der Waals surface area contributed by atoms with Gasteiger partial charge in [-0.2, -0.15) is 13.0 Å². The van der Waals surface area contributed by atoms with Crippen LogP contribution in [0.4, 0.5) is 5.69 Å². The van der Waals surface area contributed by atoms with E-state index in [4.69, 9.17) is 27.8 Å². The van der Waals surface area contributed by atoms with E-state index in [0.717, 1.165) is 30.8 Å². The number of fused-ring (bicyclic) bond motifs is 2. The standard InChI is InChI=1S/C21H20Cl2N2O6S4.Na/c22-14-4-6-18-17(11-14)25(8-2-10-35(29,30)31)21(32-18)13-20-24(7-1-9-34(26,27)28)16-5-3-15(23)12-19(16)33-20;/h3-6,11-13H,1-2,7-10H2,(H-,26,27,28,29,30,31);/q;+1.